The van der Waals surface area contributed by atoms with Gasteiger partial charge in [-0.3, -0.25) is 0 Å². The fraction of sp³-hybridized carbons (Fsp3) is 0.375. The Morgan fingerprint density at radius 3 is 2.71 bits per heavy atom. The molecule has 1 atom stereocenters. The van der Waals surface area contributed by atoms with Crippen molar-refractivity contribution in [3.8, 4) is 11.6 Å². The fourth-order valence-corrected chi connectivity index (χ4v) is 2.17. The maximum absolute atomic E-state index is 11.3. The van der Waals surface area contributed by atoms with Crippen LogP contribution in [0.25, 0.3) is 5.69 Å². The highest BCUT2D eigenvalue weighted by atomic mass is 16.5. The molecule has 0 fully saturated rings. The summed E-state index contributed by atoms with van der Waals surface area (Å²) >= 11 is 0. The molecule has 5 heteroatoms. The number of aromatic carboxylic acids is 1. The van der Waals surface area contributed by atoms with Crippen molar-refractivity contribution in [2.45, 2.75) is 26.7 Å². The van der Waals surface area contributed by atoms with Crippen LogP contribution in [0.1, 0.15) is 37.0 Å². The molecule has 112 valence electrons. The standard InChI is InChI=1S/C16H20N2O3/c1-3-7-12(2)11-21-15-14(16(19)20)10-17-18(15)13-8-5-4-6-9-13/h4-6,8-10,12H,3,7,11H2,1-2H3,(H,19,20). The number of hydrogen-bond donors (Lipinski definition) is 1. The van der Waals surface area contributed by atoms with E-state index in [9.17, 15) is 9.90 Å². The van der Waals surface area contributed by atoms with Gasteiger partial charge in [-0.2, -0.15) is 5.10 Å². The van der Waals surface area contributed by atoms with Gasteiger partial charge in [0.1, 0.15) is 5.56 Å². The molecule has 0 saturated carbocycles. The Bertz CT molecular complexity index is 593. The minimum absolute atomic E-state index is 0.0857. The highest BCUT2D eigenvalue weighted by molar-refractivity contribution is 5.90. The van der Waals surface area contributed by atoms with Gasteiger partial charge in [0.15, 0.2) is 0 Å². The van der Waals surface area contributed by atoms with E-state index in [1.807, 2.05) is 30.3 Å². The summed E-state index contributed by atoms with van der Waals surface area (Å²) in [7, 11) is 0. The molecule has 0 bridgehead atoms. The second-order valence-corrected chi connectivity index (χ2v) is 5.12. The highest BCUT2D eigenvalue weighted by Gasteiger charge is 2.20. The van der Waals surface area contributed by atoms with Gasteiger partial charge in [-0.15, -0.1) is 0 Å². The predicted molar refractivity (Wildman–Crippen MR) is 80.1 cm³/mol. The van der Waals surface area contributed by atoms with Crippen LogP contribution in [0.5, 0.6) is 5.88 Å². The Labute approximate surface area is 124 Å². The minimum atomic E-state index is -1.03. The third-order valence-corrected chi connectivity index (χ3v) is 3.24. The molecule has 1 heterocycles. The maximum atomic E-state index is 11.3. The van der Waals surface area contributed by atoms with Crippen LogP contribution < -0.4 is 4.74 Å². The van der Waals surface area contributed by atoms with Crippen molar-refractivity contribution < 1.29 is 14.6 Å². The van der Waals surface area contributed by atoms with Crippen molar-refractivity contribution in [1.29, 1.82) is 0 Å². The fourth-order valence-electron chi connectivity index (χ4n) is 2.17. The van der Waals surface area contributed by atoms with Crippen molar-refractivity contribution in [3.05, 3.63) is 42.1 Å². The van der Waals surface area contributed by atoms with Crippen LogP contribution >= 0.6 is 0 Å². The summed E-state index contributed by atoms with van der Waals surface area (Å²) in [5.41, 5.74) is 0.866. The number of hydrogen-bond acceptors (Lipinski definition) is 3. The van der Waals surface area contributed by atoms with Crippen molar-refractivity contribution in [1.82, 2.24) is 9.78 Å². The lowest BCUT2D eigenvalue weighted by atomic mass is 10.1. The van der Waals surface area contributed by atoms with Gasteiger partial charge in [-0.25, -0.2) is 9.48 Å². The Hall–Kier alpha value is -2.30. The van der Waals surface area contributed by atoms with Crippen LogP contribution in [0.15, 0.2) is 36.5 Å². The molecular weight excluding hydrogens is 268 g/mol. The topological polar surface area (TPSA) is 64.3 Å². The lowest BCUT2D eigenvalue weighted by molar-refractivity contribution is 0.0690. The molecule has 0 spiro atoms. The van der Waals surface area contributed by atoms with Gasteiger partial charge in [-0.05, 0) is 24.5 Å². The Morgan fingerprint density at radius 1 is 1.38 bits per heavy atom. The number of carboxylic acid groups (broad SMARTS) is 1. The Balaban J connectivity index is 2.28. The number of ether oxygens (including phenoxy) is 1. The molecule has 2 aromatic rings. The summed E-state index contributed by atoms with van der Waals surface area (Å²) in [5.74, 6) is -0.372. The third kappa shape index (κ3) is 3.62. The molecule has 0 aliphatic carbocycles. The van der Waals surface area contributed by atoms with Gasteiger partial charge in [0, 0.05) is 0 Å². The number of nitrogens with zero attached hydrogens (tertiary/aromatic N) is 2. The SMILES string of the molecule is CCCC(C)COc1c(C(=O)O)cnn1-c1ccccc1. The van der Waals surface area contributed by atoms with E-state index in [4.69, 9.17) is 4.74 Å². The minimum Gasteiger partial charge on any atom is -0.477 e. The molecule has 1 N–H and O–H groups in total. The van der Waals surface area contributed by atoms with E-state index in [2.05, 4.69) is 18.9 Å². The molecule has 21 heavy (non-hydrogen) atoms. The second-order valence-electron chi connectivity index (χ2n) is 5.12. The first-order valence-electron chi connectivity index (χ1n) is 7.13. The van der Waals surface area contributed by atoms with Crippen molar-refractivity contribution in [2.24, 2.45) is 5.92 Å². The molecule has 1 aromatic heterocycles. The van der Waals surface area contributed by atoms with Gasteiger partial charge in [0.25, 0.3) is 0 Å². The zero-order valence-electron chi connectivity index (χ0n) is 12.3. The normalized spacial score (nSPS) is 12.1. The summed E-state index contributed by atoms with van der Waals surface area (Å²) in [6.45, 7) is 4.69. The largest absolute Gasteiger partial charge is 0.477 e. The Kier molecular flexibility index (Phi) is 4.98. The maximum Gasteiger partial charge on any atom is 0.342 e. The van der Waals surface area contributed by atoms with Gasteiger partial charge >= 0.3 is 5.97 Å². The zero-order valence-corrected chi connectivity index (χ0v) is 12.3. The molecule has 0 aliphatic rings. The third-order valence-electron chi connectivity index (χ3n) is 3.24. The predicted octanol–water partition coefficient (Wildman–Crippen LogP) is 3.39. The van der Waals surface area contributed by atoms with Crippen molar-refractivity contribution in [3.63, 3.8) is 0 Å². The Morgan fingerprint density at radius 2 is 2.10 bits per heavy atom. The zero-order chi connectivity index (χ0) is 15.2. The first-order chi connectivity index (χ1) is 10.1. The number of carboxylic acids is 1. The van der Waals surface area contributed by atoms with E-state index < -0.39 is 5.97 Å². The first kappa shape index (κ1) is 15.1. The van der Waals surface area contributed by atoms with E-state index in [1.165, 1.54) is 10.9 Å². The summed E-state index contributed by atoms with van der Waals surface area (Å²) in [4.78, 5) is 11.3. The lowest BCUT2D eigenvalue weighted by Crippen LogP contribution is -2.13. The van der Waals surface area contributed by atoms with Crippen molar-refractivity contribution >= 4 is 5.97 Å². The van der Waals surface area contributed by atoms with E-state index in [-0.39, 0.29) is 11.4 Å². The number of para-hydroxylation sites is 1. The number of aromatic nitrogens is 2. The van der Waals surface area contributed by atoms with Crippen LogP contribution in [0.2, 0.25) is 0 Å². The van der Waals surface area contributed by atoms with Gasteiger partial charge in [0.05, 0.1) is 18.5 Å². The van der Waals surface area contributed by atoms with Crippen LogP contribution in [0.4, 0.5) is 0 Å². The quantitative estimate of drug-likeness (QED) is 0.848. The van der Waals surface area contributed by atoms with E-state index in [1.54, 1.807) is 0 Å². The molecule has 2 rings (SSSR count). The first-order valence-corrected chi connectivity index (χ1v) is 7.13. The summed E-state index contributed by atoms with van der Waals surface area (Å²) in [6, 6.07) is 9.37. The smallest absolute Gasteiger partial charge is 0.342 e. The second kappa shape index (κ2) is 6.92. The molecule has 1 unspecified atom stereocenters. The van der Waals surface area contributed by atoms with Gasteiger partial charge in [0.2, 0.25) is 5.88 Å². The van der Waals surface area contributed by atoms with Gasteiger partial charge in [-0.1, -0.05) is 38.5 Å². The molecule has 5 nitrogen and oxygen atoms in total. The van der Waals surface area contributed by atoms with Crippen LogP contribution in [-0.4, -0.2) is 27.5 Å². The molecule has 0 radical (unpaired) electrons. The molecule has 0 saturated heterocycles. The lowest BCUT2D eigenvalue weighted by Gasteiger charge is -2.14. The highest BCUT2D eigenvalue weighted by Crippen LogP contribution is 2.23. The van der Waals surface area contributed by atoms with Gasteiger partial charge < -0.3 is 9.84 Å². The summed E-state index contributed by atoms with van der Waals surface area (Å²) in [6.07, 6.45) is 3.45. The number of carbonyl (C=O) groups is 1. The summed E-state index contributed by atoms with van der Waals surface area (Å²) in [5, 5.41) is 13.4. The molecular formula is C16H20N2O3. The average molecular weight is 288 g/mol. The van der Waals surface area contributed by atoms with Crippen molar-refractivity contribution in [2.75, 3.05) is 6.61 Å². The average Bonchev–Trinajstić information content (AvgIpc) is 2.90. The van der Waals surface area contributed by atoms with E-state index >= 15 is 0 Å². The number of benzene rings is 1. The molecule has 0 aliphatic heterocycles. The summed E-state index contributed by atoms with van der Waals surface area (Å²) < 4.78 is 7.29. The molecule has 0 amide bonds. The number of rotatable bonds is 7. The van der Waals surface area contributed by atoms with Crippen LogP contribution in [0, 0.1) is 5.92 Å². The van der Waals surface area contributed by atoms with E-state index in [0.29, 0.717) is 12.5 Å². The van der Waals surface area contributed by atoms with E-state index in [0.717, 1.165) is 18.5 Å². The van der Waals surface area contributed by atoms with Crippen LogP contribution in [0.3, 0.4) is 0 Å². The van der Waals surface area contributed by atoms with Crippen LogP contribution in [-0.2, 0) is 0 Å². The molecule has 1 aromatic carbocycles. The monoisotopic (exact) mass is 288 g/mol.